The maximum absolute atomic E-state index is 11.6. The topological polar surface area (TPSA) is 67.9 Å². The van der Waals surface area contributed by atoms with E-state index in [0.717, 1.165) is 5.06 Å². The van der Waals surface area contributed by atoms with Gasteiger partial charge in [-0.05, 0) is 19.1 Å². The molecule has 1 atom stereocenters. The minimum atomic E-state index is -0.692. The molecule has 1 aromatic carbocycles. The van der Waals surface area contributed by atoms with Crippen LogP contribution in [-0.2, 0) is 14.5 Å². The lowest BCUT2D eigenvalue weighted by molar-refractivity contribution is -0.173. The summed E-state index contributed by atoms with van der Waals surface area (Å²) in [5, 5.41) is 1.05. The number of carbonyl (C=O) groups excluding carboxylic acids is 2. The van der Waals surface area contributed by atoms with Gasteiger partial charge in [-0.1, -0.05) is 18.2 Å². The van der Waals surface area contributed by atoms with Crippen molar-refractivity contribution in [2.45, 2.75) is 13.0 Å². The van der Waals surface area contributed by atoms with Gasteiger partial charge in [-0.15, -0.1) is 5.48 Å². The molecule has 6 heteroatoms. The molecule has 0 bridgehead atoms. The molecular formula is C12H16N2O4. The highest BCUT2D eigenvalue weighted by atomic mass is 16.7. The summed E-state index contributed by atoms with van der Waals surface area (Å²) in [6, 6.07) is 7.80. The molecule has 98 valence electrons. The minimum Gasteiger partial charge on any atom is -0.366 e. The summed E-state index contributed by atoms with van der Waals surface area (Å²) in [4.78, 5) is 32.7. The molecule has 18 heavy (non-hydrogen) atoms. The Hall–Kier alpha value is -1.92. The Bertz CT molecular complexity index is 408. The van der Waals surface area contributed by atoms with Crippen LogP contribution in [0.25, 0.3) is 0 Å². The molecule has 0 aliphatic rings. The van der Waals surface area contributed by atoms with E-state index in [2.05, 4.69) is 5.48 Å². The van der Waals surface area contributed by atoms with Crippen molar-refractivity contribution in [3.8, 4) is 0 Å². The highest BCUT2D eigenvalue weighted by Crippen LogP contribution is 2.00. The van der Waals surface area contributed by atoms with Gasteiger partial charge >= 0.3 is 5.97 Å². The third-order valence-corrected chi connectivity index (χ3v) is 2.29. The van der Waals surface area contributed by atoms with Gasteiger partial charge in [-0.3, -0.25) is 9.63 Å². The molecule has 0 heterocycles. The lowest BCUT2D eigenvalue weighted by atomic mass is 10.2. The quantitative estimate of drug-likeness (QED) is 0.783. The second kappa shape index (κ2) is 6.73. The van der Waals surface area contributed by atoms with E-state index in [1.165, 1.54) is 14.2 Å². The molecule has 0 saturated carbocycles. The number of likely N-dealkylation sites (N-methyl/N-ethyl adjacent to an activating group) is 1. The van der Waals surface area contributed by atoms with Crippen molar-refractivity contribution in [3.63, 3.8) is 0 Å². The van der Waals surface area contributed by atoms with Gasteiger partial charge in [0.2, 0.25) is 0 Å². The predicted octanol–water partition coefficient (Wildman–Crippen LogP) is 0.756. The largest absolute Gasteiger partial charge is 0.366 e. The number of hydroxylamine groups is 3. The van der Waals surface area contributed by atoms with Gasteiger partial charge in [0.05, 0.1) is 12.7 Å². The van der Waals surface area contributed by atoms with Gasteiger partial charge in [0.1, 0.15) is 6.04 Å². The fourth-order valence-electron chi connectivity index (χ4n) is 1.19. The summed E-state index contributed by atoms with van der Waals surface area (Å²) in [7, 11) is 2.85. The normalized spacial score (nSPS) is 11.7. The van der Waals surface area contributed by atoms with Gasteiger partial charge in [-0.25, -0.2) is 9.86 Å². The van der Waals surface area contributed by atoms with Crippen molar-refractivity contribution in [3.05, 3.63) is 35.9 Å². The number of nitrogens with one attached hydrogen (secondary N) is 1. The van der Waals surface area contributed by atoms with Gasteiger partial charge < -0.3 is 4.84 Å². The maximum atomic E-state index is 11.6. The van der Waals surface area contributed by atoms with Crippen LogP contribution in [0.2, 0.25) is 0 Å². The molecule has 1 amide bonds. The molecule has 0 aliphatic carbocycles. The number of rotatable bonds is 5. The zero-order valence-electron chi connectivity index (χ0n) is 10.5. The lowest BCUT2D eigenvalue weighted by Crippen LogP contribution is -2.43. The van der Waals surface area contributed by atoms with Crippen LogP contribution in [0.1, 0.15) is 17.3 Å². The van der Waals surface area contributed by atoms with Crippen molar-refractivity contribution in [1.82, 2.24) is 10.5 Å². The van der Waals surface area contributed by atoms with E-state index < -0.39 is 12.0 Å². The first-order chi connectivity index (χ1) is 8.56. The molecule has 0 saturated heterocycles. The van der Waals surface area contributed by atoms with Crippen LogP contribution in [0.15, 0.2) is 30.3 Å². The fourth-order valence-corrected chi connectivity index (χ4v) is 1.19. The van der Waals surface area contributed by atoms with Crippen molar-refractivity contribution in [2.24, 2.45) is 0 Å². The Kier molecular flexibility index (Phi) is 5.29. The molecule has 1 unspecified atom stereocenters. The van der Waals surface area contributed by atoms with Crippen LogP contribution in [0, 0.1) is 0 Å². The van der Waals surface area contributed by atoms with E-state index in [1.54, 1.807) is 37.3 Å². The van der Waals surface area contributed by atoms with Gasteiger partial charge in [0.15, 0.2) is 0 Å². The van der Waals surface area contributed by atoms with Crippen molar-refractivity contribution in [1.29, 1.82) is 0 Å². The summed E-state index contributed by atoms with van der Waals surface area (Å²) in [5.41, 5.74) is 2.78. The van der Waals surface area contributed by atoms with E-state index in [-0.39, 0.29) is 5.91 Å². The summed E-state index contributed by atoms with van der Waals surface area (Å²) < 4.78 is 0. The molecule has 0 spiro atoms. The van der Waals surface area contributed by atoms with E-state index in [9.17, 15) is 9.59 Å². The molecule has 1 N–H and O–H groups in total. The van der Waals surface area contributed by atoms with E-state index in [1.807, 2.05) is 0 Å². The molecule has 1 aromatic rings. The second-order valence-electron chi connectivity index (χ2n) is 3.61. The van der Waals surface area contributed by atoms with Crippen molar-refractivity contribution in [2.75, 3.05) is 14.2 Å². The molecule has 1 rings (SSSR count). The smallest absolute Gasteiger partial charge is 0.356 e. The van der Waals surface area contributed by atoms with Crippen LogP contribution in [0.5, 0.6) is 0 Å². The Morgan fingerprint density at radius 2 is 1.89 bits per heavy atom. The molecule has 6 nitrogen and oxygen atoms in total. The number of amides is 1. The van der Waals surface area contributed by atoms with E-state index in [0.29, 0.717) is 5.56 Å². The van der Waals surface area contributed by atoms with Crippen LogP contribution < -0.4 is 5.48 Å². The third kappa shape index (κ3) is 3.83. The fraction of sp³-hybridized carbons (Fsp3) is 0.333. The number of carbonyl (C=O) groups is 2. The van der Waals surface area contributed by atoms with Crippen LogP contribution in [-0.4, -0.2) is 37.1 Å². The minimum absolute atomic E-state index is 0.349. The van der Waals surface area contributed by atoms with Gasteiger partial charge in [0.25, 0.3) is 5.91 Å². The Morgan fingerprint density at radius 1 is 1.28 bits per heavy atom. The summed E-state index contributed by atoms with van der Waals surface area (Å²) in [6.45, 7) is 1.57. The molecule has 0 aromatic heterocycles. The molecule has 0 aliphatic heterocycles. The second-order valence-corrected chi connectivity index (χ2v) is 3.61. The van der Waals surface area contributed by atoms with Crippen molar-refractivity contribution < 1.29 is 19.3 Å². The van der Waals surface area contributed by atoms with E-state index >= 15 is 0 Å². The summed E-state index contributed by atoms with van der Waals surface area (Å²) in [6.07, 6.45) is 0. The predicted molar refractivity (Wildman–Crippen MR) is 64.2 cm³/mol. The Labute approximate surface area is 105 Å². The standard InChI is InChI=1S/C12H16N2O4/c1-9(11(15)14(2)17-3)13-18-12(16)10-7-5-4-6-8-10/h4-9,13H,1-3H3. The van der Waals surface area contributed by atoms with Crippen LogP contribution in [0.4, 0.5) is 0 Å². The van der Waals surface area contributed by atoms with Crippen LogP contribution in [0.3, 0.4) is 0 Å². The molecule has 0 fully saturated rings. The van der Waals surface area contributed by atoms with Crippen molar-refractivity contribution >= 4 is 11.9 Å². The third-order valence-electron chi connectivity index (χ3n) is 2.29. The number of hydrogen-bond donors (Lipinski definition) is 1. The number of benzene rings is 1. The number of hydrogen-bond acceptors (Lipinski definition) is 5. The summed E-state index contributed by atoms with van der Waals surface area (Å²) in [5.74, 6) is -0.895. The Balaban J connectivity index is 2.46. The first-order valence-corrected chi connectivity index (χ1v) is 5.39. The average Bonchev–Trinajstić information content (AvgIpc) is 2.43. The number of nitrogens with zero attached hydrogens (tertiary/aromatic N) is 1. The van der Waals surface area contributed by atoms with Crippen LogP contribution >= 0.6 is 0 Å². The molecular weight excluding hydrogens is 236 g/mol. The lowest BCUT2D eigenvalue weighted by Gasteiger charge is -2.18. The molecule has 0 radical (unpaired) electrons. The van der Waals surface area contributed by atoms with Gasteiger partial charge in [-0.2, -0.15) is 0 Å². The SMILES string of the molecule is CON(C)C(=O)C(C)NOC(=O)c1ccccc1. The zero-order valence-corrected chi connectivity index (χ0v) is 10.5. The summed E-state index contributed by atoms with van der Waals surface area (Å²) >= 11 is 0. The highest BCUT2D eigenvalue weighted by molar-refractivity contribution is 5.89. The Morgan fingerprint density at radius 3 is 2.44 bits per heavy atom. The monoisotopic (exact) mass is 252 g/mol. The first-order valence-electron chi connectivity index (χ1n) is 5.39. The average molecular weight is 252 g/mol. The highest BCUT2D eigenvalue weighted by Gasteiger charge is 2.19. The zero-order chi connectivity index (χ0) is 13.5. The van der Waals surface area contributed by atoms with E-state index in [4.69, 9.17) is 9.68 Å². The van der Waals surface area contributed by atoms with Gasteiger partial charge in [0, 0.05) is 7.05 Å². The maximum Gasteiger partial charge on any atom is 0.356 e. The first kappa shape index (κ1) is 14.1.